The van der Waals surface area contributed by atoms with E-state index in [1.165, 1.54) is 6.42 Å². The zero-order chi connectivity index (χ0) is 18.7. The molecule has 1 aliphatic carbocycles. The molecule has 0 bridgehead atoms. The van der Waals surface area contributed by atoms with Gasteiger partial charge >= 0.3 is 0 Å². The Bertz CT molecular complexity index is 517. The highest BCUT2D eigenvalue weighted by atomic mass is 32.2. The first-order valence-electron chi connectivity index (χ1n) is 9.70. The molecule has 0 aromatic carbocycles. The van der Waals surface area contributed by atoms with Crippen molar-refractivity contribution in [1.82, 2.24) is 15.4 Å². The van der Waals surface area contributed by atoms with Crippen LogP contribution in [0.5, 0.6) is 0 Å². The predicted octanol–water partition coefficient (Wildman–Crippen LogP) is 0.457. The first-order valence-corrected chi connectivity index (χ1v) is 11.4. The molecule has 8 nitrogen and oxygen atoms in total. The fourth-order valence-corrected chi connectivity index (χ4v) is 3.91. The van der Waals surface area contributed by atoms with E-state index in [-0.39, 0.29) is 11.9 Å². The van der Waals surface area contributed by atoms with Gasteiger partial charge in [0.2, 0.25) is 10.0 Å². The second kappa shape index (κ2) is 11.7. The van der Waals surface area contributed by atoms with Crippen LogP contribution in [0.1, 0.15) is 38.5 Å². The zero-order valence-electron chi connectivity index (χ0n) is 15.8. The molecule has 0 aromatic rings. The van der Waals surface area contributed by atoms with Crippen molar-refractivity contribution < 1.29 is 17.9 Å². The van der Waals surface area contributed by atoms with Crippen molar-refractivity contribution in [2.24, 2.45) is 10.9 Å². The molecule has 3 N–H and O–H groups in total. The highest BCUT2D eigenvalue weighted by Gasteiger charge is 2.20. The largest absolute Gasteiger partial charge is 0.379 e. The summed E-state index contributed by atoms with van der Waals surface area (Å²) in [4.78, 5) is 4.10. The fraction of sp³-hybridized carbons (Fsp3) is 0.941. The molecule has 26 heavy (non-hydrogen) atoms. The minimum atomic E-state index is -3.22. The minimum absolute atomic E-state index is 0.0465. The summed E-state index contributed by atoms with van der Waals surface area (Å²) in [5.41, 5.74) is 0. The van der Waals surface area contributed by atoms with Crippen LogP contribution >= 0.6 is 0 Å². The van der Waals surface area contributed by atoms with Gasteiger partial charge in [-0.05, 0) is 38.0 Å². The molecule has 0 amide bonds. The van der Waals surface area contributed by atoms with E-state index in [9.17, 15) is 8.42 Å². The third-order valence-corrected chi connectivity index (χ3v) is 6.14. The first kappa shape index (κ1) is 21.4. The third kappa shape index (κ3) is 8.66. The lowest BCUT2D eigenvalue weighted by Gasteiger charge is -2.25. The van der Waals surface area contributed by atoms with Crippen LogP contribution in [0, 0.1) is 5.92 Å². The summed E-state index contributed by atoms with van der Waals surface area (Å²) in [5, 5.41) is 6.20. The van der Waals surface area contributed by atoms with Gasteiger partial charge in [0.05, 0.1) is 18.5 Å². The molecule has 0 spiro atoms. The van der Waals surface area contributed by atoms with Gasteiger partial charge in [-0.3, -0.25) is 4.99 Å². The molecule has 0 aromatic heterocycles. The average molecular weight is 391 g/mol. The van der Waals surface area contributed by atoms with E-state index in [1.54, 1.807) is 7.05 Å². The highest BCUT2D eigenvalue weighted by molar-refractivity contribution is 7.89. The van der Waals surface area contributed by atoms with Crippen molar-refractivity contribution in [2.75, 3.05) is 52.3 Å². The summed E-state index contributed by atoms with van der Waals surface area (Å²) in [6, 6.07) is 0. The first-order chi connectivity index (χ1) is 12.6. The van der Waals surface area contributed by atoms with Crippen LogP contribution in [0.2, 0.25) is 0 Å². The standard InChI is InChI=1S/C17H34N4O4S/c1-18-17(19-8-4-10-24-14-16-7-3-11-25-16)20-9-12-26(22,23)21-13-15-5-2-6-15/h15-16,21H,2-14H2,1H3,(H2,18,19,20). The molecule has 1 aliphatic heterocycles. The Labute approximate surface area is 157 Å². The Morgan fingerprint density at radius 3 is 2.65 bits per heavy atom. The van der Waals surface area contributed by atoms with Crippen LogP contribution in [0.3, 0.4) is 0 Å². The third-order valence-electron chi connectivity index (χ3n) is 4.79. The number of nitrogens with zero attached hydrogens (tertiary/aromatic N) is 1. The molecule has 1 atom stereocenters. The van der Waals surface area contributed by atoms with Crippen LogP contribution in [0.4, 0.5) is 0 Å². The van der Waals surface area contributed by atoms with E-state index in [0.29, 0.717) is 38.2 Å². The van der Waals surface area contributed by atoms with Crippen molar-refractivity contribution in [1.29, 1.82) is 0 Å². The molecular formula is C17H34N4O4S. The zero-order valence-corrected chi connectivity index (χ0v) is 16.7. The topological polar surface area (TPSA) is 101 Å². The lowest BCUT2D eigenvalue weighted by atomic mass is 9.86. The van der Waals surface area contributed by atoms with Crippen LogP contribution < -0.4 is 15.4 Å². The van der Waals surface area contributed by atoms with Crippen LogP contribution in [-0.4, -0.2) is 72.7 Å². The number of guanidine groups is 1. The Hall–Kier alpha value is -0.900. The Morgan fingerprint density at radius 2 is 2.00 bits per heavy atom. The Kier molecular flexibility index (Phi) is 9.66. The van der Waals surface area contributed by atoms with Gasteiger partial charge in [0.25, 0.3) is 0 Å². The van der Waals surface area contributed by atoms with Gasteiger partial charge in [-0.25, -0.2) is 13.1 Å². The summed E-state index contributed by atoms with van der Waals surface area (Å²) in [5.74, 6) is 1.18. The van der Waals surface area contributed by atoms with E-state index in [0.717, 1.165) is 45.3 Å². The number of aliphatic imine (C=N–C) groups is 1. The fourth-order valence-electron chi connectivity index (χ4n) is 2.91. The smallest absolute Gasteiger partial charge is 0.213 e. The van der Waals surface area contributed by atoms with Gasteiger partial charge in [0.1, 0.15) is 0 Å². The van der Waals surface area contributed by atoms with Crippen molar-refractivity contribution in [3.05, 3.63) is 0 Å². The molecular weight excluding hydrogens is 356 g/mol. The SMILES string of the molecule is CN=C(NCCCOCC1CCCO1)NCCS(=O)(=O)NCC1CCC1. The summed E-state index contributed by atoms with van der Waals surface area (Å²) < 4.78 is 37.7. The maximum atomic E-state index is 11.9. The minimum Gasteiger partial charge on any atom is -0.379 e. The van der Waals surface area contributed by atoms with Crippen molar-refractivity contribution in [3.63, 3.8) is 0 Å². The molecule has 2 aliphatic rings. The van der Waals surface area contributed by atoms with E-state index in [4.69, 9.17) is 9.47 Å². The molecule has 1 heterocycles. The molecule has 1 saturated carbocycles. The average Bonchev–Trinajstić information content (AvgIpc) is 3.08. The van der Waals surface area contributed by atoms with Gasteiger partial charge < -0.3 is 20.1 Å². The lowest BCUT2D eigenvalue weighted by molar-refractivity contribution is 0.0168. The highest BCUT2D eigenvalue weighted by Crippen LogP contribution is 2.25. The summed E-state index contributed by atoms with van der Waals surface area (Å²) in [7, 11) is -1.55. The molecule has 0 radical (unpaired) electrons. The normalized spacial score (nSPS) is 21.6. The van der Waals surface area contributed by atoms with Gasteiger partial charge in [-0.15, -0.1) is 0 Å². The number of nitrogens with one attached hydrogen (secondary N) is 3. The molecule has 9 heteroatoms. The van der Waals surface area contributed by atoms with Gasteiger partial charge in [-0.2, -0.15) is 0 Å². The number of rotatable bonds is 12. The Morgan fingerprint density at radius 1 is 1.19 bits per heavy atom. The molecule has 2 fully saturated rings. The maximum Gasteiger partial charge on any atom is 0.213 e. The quantitative estimate of drug-likeness (QED) is 0.254. The second-order valence-corrected chi connectivity index (χ2v) is 8.88. The monoisotopic (exact) mass is 390 g/mol. The summed E-state index contributed by atoms with van der Waals surface area (Å²) >= 11 is 0. The van der Waals surface area contributed by atoms with Crippen LogP contribution in [0.25, 0.3) is 0 Å². The van der Waals surface area contributed by atoms with Gasteiger partial charge in [-0.1, -0.05) is 6.42 Å². The van der Waals surface area contributed by atoms with E-state index in [2.05, 4.69) is 20.3 Å². The molecule has 1 unspecified atom stereocenters. The van der Waals surface area contributed by atoms with E-state index >= 15 is 0 Å². The number of hydrogen-bond donors (Lipinski definition) is 3. The summed E-state index contributed by atoms with van der Waals surface area (Å²) in [6.45, 7) is 3.81. The van der Waals surface area contributed by atoms with Crippen molar-refractivity contribution in [3.8, 4) is 0 Å². The number of hydrogen-bond acceptors (Lipinski definition) is 5. The second-order valence-electron chi connectivity index (χ2n) is 6.95. The van der Waals surface area contributed by atoms with Crippen molar-refractivity contribution in [2.45, 2.75) is 44.6 Å². The molecule has 2 rings (SSSR count). The predicted molar refractivity (Wildman–Crippen MR) is 103 cm³/mol. The molecule has 1 saturated heterocycles. The number of ether oxygens (including phenoxy) is 2. The number of sulfonamides is 1. The van der Waals surface area contributed by atoms with Crippen molar-refractivity contribution >= 4 is 16.0 Å². The maximum absolute atomic E-state index is 11.9. The summed E-state index contributed by atoms with van der Waals surface area (Å²) in [6.07, 6.45) is 6.82. The lowest BCUT2D eigenvalue weighted by Crippen LogP contribution is -2.42. The van der Waals surface area contributed by atoms with Crippen LogP contribution in [0.15, 0.2) is 4.99 Å². The van der Waals surface area contributed by atoms with Gasteiger partial charge in [0.15, 0.2) is 5.96 Å². The Balaban J connectivity index is 1.47. The van der Waals surface area contributed by atoms with Crippen LogP contribution in [-0.2, 0) is 19.5 Å². The van der Waals surface area contributed by atoms with Gasteiger partial charge in [0, 0.05) is 39.9 Å². The van der Waals surface area contributed by atoms with E-state index < -0.39 is 10.0 Å². The van der Waals surface area contributed by atoms with E-state index in [1.807, 2.05) is 0 Å². The molecule has 152 valence electrons.